The second-order valence-corrected chi connectivity index (χ2v) is 4.26. The number of nitrogens with zero attached hydrogens (tertiary/aromatic N) is 1. The molecule has 4 heteroatoms. The van der Waals surface area contributed by atoms with E-state index in [1.165, 1.54) is 0 Å². The molecule has 1 heterocycles. The van der Waals surface area contributed by atoms with E-state index in [-0.39, 0.29) is 18.6 Å². The van der Waals surface area contributed by atoms with E-state index in [0.717, 1.165) is 5.56 Å². The Morgan fingerprint density at radius 1 is 1.41 bits per heavy atom. The summed E-state index contributed by atoms with van der Waals surface area (Å²) in [5.74, 6) is -0.0440. The van der Waals surface area contributed by atoms with Crippen molar-refractivity contribution < 1.29 is 14.6 Å². The van der Waals surface area contributed by atoms with Crippen molar-refractivity contribution in [2.45, 2.75) is 19.1 Å². The predicted octanol–water partition coefficient (Wildman–Crippen LogP) is 0.796. The molecule has 0 bridgehead atoms. The molecule has 1 aliphatic heterocycles. The third kappa shape index (κ3) is 3.54. The highest BCUT2D eigenvalue weighted by molar-refractivity contribution is 5.77. The summed E-state index contributed by atoms with van der Waals surface area (Å²) in [4.78, 5) is 13.3. The molecule has 0 aromatic heterocycles. The summed E-state index contributed by atoms with van der Waals surface area (Å²) >= 11 is 0. The first-order valence-electron chi connectivity index (χ1n) is 5.83. The van der Waals surface area contributed by atoms with Gasteiger partial charge in [-0.2, -0.15) is 0 Å². The van der Waals surface area contributed by atoms with Crippen LogP contribution in [0.25, 0.3) is 0 Å². The number of aliphatic hydroxyl groups excluding tert-OH is 1. The molecule has 0 aliphatic carbocycles. The number of rotatable bonds is 4. The van der Waals surface area contributed by atoms with Crippen molar-refractivity contribution in [1.82, 2.24) is 4.90 Å². The van der Waals surface area contributed by atoms with Crippen molar-refractivity contribution in [2.75, 3.05) is 19.7 Å². The fourth-order valence-corrected chi connectivity index (χ4v) is 1.89. The number of β-amino-alcohol motifs (C(OH)–C–C–N with tert-alkyl or cyclic N) is 1. The molecule has 1 N–H and O–H groups in total. The van der Waals surface area contributed by atoms with Crippen molar-refractivity contribution >= 4 is 5.91 Å². The normalized spacial score (nSPS) is 19.6. The van der Waals surface area contributed by atoms with Crippen LogP contribution < -0.4 is 0 Å². The SMILES string of the molecule is O=C(COCc1ccccc1)N1CC[C@H](O)C1. The van der Waals surface area contributed by atoms with Crippen molar-refractivity contribution in [2.24, 2.45) is 0 Å². The van der Waals surface area contributed by atoms with Crippen molar-refractivity contribution in [3.05, 3.63) is 35.9 Å². The monoisotopic (exact) mass is 235 g/mol. The summed E-state index contributed by atoms with van der Waals surface area (Å²) < 4.78 is 5.36. The van der Waals surface area contributed by atoms with Crippen molar-refractivity contribution in [3.63, 3.8) is 0 Å². The lowest BCUT2D eigenvalue weighted by Crippen LogP contribution is -2.32. The van der Waals surface area contributed by atoms with Gasteiger partial charge in [-0.1, -0.05) is 30.3 Å². The molecule has 2 rings (SSSR count). The molecule has 1 aliphatic rings. The number of aliphatic hydroxyl groups is 1. The molecular formula is C13H17NO3. The number of carbonyl (C=O) groups excluding carboxylic acids is 1. The quantitative estimate of drug-likeness (QED) is 0.839. The van der Waals surface area contributed by atoms with Crippen LogP contribution in [0, 0.1) is 0 Å². The van der Waals surface area contributed by atoms with Crippen LogP contribution >= 0.6 is 0 Å². The maximum absolute atomic E-state index is 11.7. The fraction of sp³-hybridized carbons (Fsp3) is 0.462. The van der Waals surface area contributed by atoms with E-state index < -0.39 is 0 Å². The lowest BCUT2D eigenvalue weighted by atomic mass is 10.2. The second kappa shape index (κ2) is 5.80. The Hall–Kier alpha value is -1.39. The third-order valence-electron chi connectivity index (χ3n) is 2.85. The molecule has 92 valence electrons. The number of carbonyl (C=O) groups is 1. The number of likely N-dealkylation sites (tertiary alicyclic amines) is 1. The molecule has 1 amide bonds. The van der Waals surface area contributed by atoms with Crippen LogP contribution in [0.3, 0.4) is 0 Å². The highest BCUT2D eigenvalue weighted by atomic mass is 16.5. The van der Waals surface area contributed by atoms with Gasteiger partial charge in [0, 0.05) is 13.1 Å². The average Bonchev–Trinajstić information content (AvgIpc) is 2.77. The van der Waals surface area contributed by atoms with Gasteiger partial charge in [0.25, 0.3) is 0 Å². The first kappa shape index (κ1) is 12.1. The fourth-order valence-electron chi connectivity index (χ4n) is 1.89. The van der Waals surface area contributed by atoms with Crippen LogP contribution in [0.4, 0.5) is 0 Å². The smallest absolute Gasteiger partial charge is 0.248 e. The van der Waals surface area contributed by atoms with Gasteiger partial charge in [0.05, 0.1) is 12.7 Å². The number of hydrogen-bond acceptors (Lipinski definition) is 3. The molecule has 1 saturated heterocycles. The summed E-state index contributed by atoms with van der Waals surface area (Å²) in [5, 5.41) is 9.32. The van der Waals surface area contributed by atoms with Crippen LogP contribution in [0.2, 0.25) is 0 Å². The van der Waals surface area contributed by atoms with Crippen molar-refractivity contribution in [1.29, 1.82) is 0 Å². The van der Waals surface area contributed by atoms with Crippen LogP contribution in [0.15, 0.2) is 30.3 Å². The molecule has 1 aromatic rings. The van der Waals surface area contributed by atoms with Crippen LogP contribution in [-0.2, 0) is 16.1 Å². The average molecular weight is 235 g/mol. The van der Waals surface area contributed by atoms with E-state index in [2.05, 4.69) is 0 Å². The molecule has 0 saturated carbocycles. The van der Waals surface area contributed by atoms with Crippen LogP contribution in [0.1, 0.15) is 12.0 Å². The summed E-state index contributed by atoms with van der Waals surface area (Å²) in [6.45, 7) is 1.60. The summed E-state index contributed by atoms with van der Waals surface area (Å²) in [6, 6.07) is 9.75. The molecule has 1 aromatic carbocycles. The minimum absolute atomic E-state index is 0.0440. The minimum atomic E-state index is -0.368. The first-order valence-corrected chi connectivity index (χ1v) is 5.83. The van der Waals surface area contributed by atoms with Crippen LogP contribution in [-0.4, -0.2) is 41.7 Å². The Balaban J connectivity index is 1.70. The Labute approximate surface area is 101 Å². The van der Waals surface area contributed by atoms with Gasteiger partial charge >= 0.3 is 0 Å². The zero-order chi connectivity index (χ0) is 12.1. The van der Waals surface area contributed by atoms with E-state index in [1.807, 2.05) is 30.3 Å². The summed E-state index contributed by atoms with van der Waals surface area (Å²) in [5.41, 5.74) is 1.06. The number of hydrogen-bond donors (Lipinski definition) is 1. The Bertz CT molecular complexity index is 366. The maximum atomic E-state index is 11.7. The molecule has 17 heavy (non-hydrogen) atoms. The molecule has 0 spiro atoms. The highest BCUT2D eigenvalue weighted by Crippen LogP contribution is 2.09. The van der Waals surface area contributed by atoms with Gasteiger partial charge < -0.3 is 14.7 Å². The topological polar surface area (TPSA) is 49.8 Å². The lowest BCUT2D eigenvalue weighted by Gasteiger charge is -2.15. The van der Waals surface area contributed by atoms with Crippen molar-refractivity contribution in [3.8, 4) is 0 Å². The first-order chi connectivity index (χ1) is 8.25. The molecule has 0 unspecified atom stereocenters. The van der Waals surface area contributed by atoms with E-state index >= 15 is 0 Å². The molecule has 0 radical (unpaired) electrons. The van der Waals surface area contributed by atoms with E-state index in [9.17, 15) is 9.90 Å². The maximum Gasteiger partial charge on any atom is 0.248 e. The third-order valence-corrected chi connectivity index (χ3v) is 2.85. The largest absolute Gasteiger partial charge is 0.391 e. The Morgan fingerprint density at radius 2 is 2.18 bits per heavy atom. The van der Waals surface area contributed by atoms with Gasteiger partial charge in [-0.25, -0.2) is 0 Å². The molecular weight excluding hydrogens is 218 g/mol. The van der Waals surface area contributed by atoms with Gasteiger partial charge in [-0.3, -0.25) is 4.79 Å². The van der Waals surface area contributed by atoms with Gasteiger partial charge in [0.2, 0.25) is 5.91 Å². The van der Waals surface area contributed by atoms with Gasteiger partial charge in [0.1, 0.15) is 6.61 Å². The molecule has 1 fully saturated rings. The zero-order valence-electron chi connectivity index (χ0n) is 9.71. The Kier molecular flexibility index (Phi) is 4.12. The zero-order valence-corrected chi connectivity index (χ0v) is 9.71. The van der Waals surface area contributed by atoms with Crippen LogP contribution in [0.5, 0.6) is 0 Å². The summed E-state index contributed by atoms with van der Waals surface area (Å²) in [6.07, 6.45) is 0.304. The van der Waals surface area contributed by atoms with Gasteiger partial charge in [-0.15, -0.1) is 0 Å². The Morgan fingerprint density at radius 3 is 2.82 bits per heavy atom. The second-order valence-electron chi connectivity index (χ2n) is 4.26. The number of benzene rings is 1. The standard InChI is InChI=1S/C13H17NO3/c15-12-6-7-14(8-12)13(16)10-17-9-11-4-2-1-3-5-11/h1-5,12,15H,6-10H2/t12-/m0/s1. The number of amides is 1. The van der Waals surface area contributed by atoms with E-state index in [1.54, 1.807) is 4.90 Å². The number of ether oxygens (including phenoxy) is 1. The van der Waals surface area contributed by atoms with Gasteiger partial charge in [0.15, 0.2) is 0 Å². The minimum Gasteiger partial charge on any atom is -0.391 e. The predicted molar refractivity (Wildman–Crippen MR) is 63.3 cm³/mol. The molecule has 4 nitrogen and oxygen atoms in total. The summed E-state index contributed by atoms with van der Waals surface area (Å²) in [7, 11) is 0. The highest BCUT2D eigenvalue weighted by Gasteiger charge is 2.24. The molecule has 1 atom stereocenters. The van der Waals surface area contributed by atoms with E-state index in [0.29, 0.717) is 26.1 Å². The van der Waals surface area contributed by atoms with Gasteiger partial charge in [-0.05, 0) is 12.0 Å². The lowest BCUT2D eigenvalue weighted by molar-refractivity contribution is -0.135. The van der Waals surface area contributed by atoms with E-state index in [4.69, 9.17) is 4.74 Å².